The minimum Gasteiger partial charge on any atom is -0.300 e. The first kappa shape index (κ1) is 14.5. The number of aromatic nitrogens is 2. The van der Waals surface area contributed by atoms with Crippen molar-refractivity contribution in [2.75, 3.05) is 32.7 Å². The van der Waals surface area contributed by atoms with Gasteiger partial charge in [0.15, 0.2) is 0 Å². The van der Waals surface area contributed by atoms with Gasteiger partial charge in [0.2, 0.25) is 10.0 Å². The molecule has 1 fully saturated rings. The Morgan fingerprint density at radius 3 is 2.37 bits per heavy atom. The predicted molar refractivity (Wildman–Crippen MR) is 73.2 cm³/mol. The van der Waals surface area contributed by atoms with Crippen LogP contribution in [-0.4, -0.2) is 60.1 Å². The van der Waals surface area contributed by atoms with Gasteiger partial charge in [0, 0.05) is 46.0 Å². The third-order valence-corrected chi connectivity index (χ3v) is 5.13. The molecule has 0 atom stereocenters. The lowest BCUT2D eigenvalue weighted by Gasteiger charge is -2.34. The molecular weight excluding hydrogens is 264 g/mol. The fourth-order valence-corrected chi connectivity index (χ4v) is 3.76. The molecule has 1 aliphatic heterocycles. The number of rotatable bonds is 4. The summed E-state index contributed by atoms with van der Waals surface area (Å²) in [6.07, 6.45) is 2.96. The van der Waals surface area contributed by atoms with E-state index < -0.39 is 10.0 Å². The average Bonchev–Trinajstić information content (AvgIpc) is 2.76. The largest absolute Gasteiger partial charge is 0.300 e. The van der Waals surface area contributed by atoms with Crippen LogP contribution in [0.3, 0.4) is 0 Å². The summed E-state index contributed by atoms with van der Waals surface area (Å²) in [7, 11) is -1.65. The van der Waals surface area contributed by atoms with Gasteiger partial charge in [-0.05, 0) is 5.92 Å². The van der Waals surface area contributed by atoms with Crippen molar-refractivity contribution in [3.8, 4) is 0 Å². The van der Waals surface area contributed by atoms with Gasteiger partial charge in [0.25, 0.3) is 0 Å². The Morgan fingerprint density at radius 1 is 1.26 bits per heavy atom. The third-order valence-electron chi connectivity index (χ3n) is 3.27. The van der Waals surface area contributed by atoms with E-state index in [1.54, 1.807) is 17.5 Å². The van der Waals surface area contributed by atoms with E-state index in [1.807, 2.05) is 0 Å². The SMILES string of the molecule is CC(C)CN1CCN(S(=O)(=O)c2cnn(C)c2)CC1. The van der Waals surface area contributed by atoms with Crippen molar-refractivity contribution in [3.05, 3.63) is 12.4 Å². The van der Waals surface area contributed by atoms with Crippen LogP contribution in [0.4, 0.5) is 0 Å². The minimum absolute atomic E-state index is 0.285. The number of aryl methyl sites for hydroxylation is 1. The van der Waals surface area contributed by atoms with E-state index in [0.29, 0.717) is 19.0 Å². The standard InChI is InChI=1S/C12H22N4O2S/c1-11(2)9-15-4-6-16(7-5-15)19(17,18)12-8-13-14(3)10-12/h8,10-11H,4-7,9H2,1-3H3. The summed E-state index contributed by atoms with van der Waals surface area (Å²) in [6.45, 7) is 8.11. The van der Waals surface area contributed by atoms with Crippen LogP contribution in [0.5, 0.6) is 0 Å². The maximum atomic E-state index is 12.4. The molecule has 6 nitrogen and oxygen atoms in total. The number of piperazine rings is 1. The highest BCUT2D eigenvalue weighted by atomic mass is 32.2. The Morgan fingerprint density at radius 2 is 1.89 bits per heavy atom. The van der Waals surface area contributed by atoms with Gasteiger partial charge in [-0.25, -0.2) is 8.42 Å². The van der Waals surface area contributed by atoms with Gasteiger partial charge in [-0.3, -0.25) is 4.68 Å². The molecule has 0 amide bonds. The fourth-order valence-electron chi connectivity index (χ4n) is 2.35. The second-order valence-corrected chi connectivity index (χ2v) is 7.39. The zero-order valence-corrected chi connectivity index (χ0v) is 12.6. The van der Waals surface area contributed by atoms with Gasteiger partial charge in [0.05, 0.1) is 6.20 Å². The lowest BCUT2D eigenvalue weighted by molar-refractivity contribution is 0.172. The summed E-state index contributed by atoms with van der Waals surface area (Å²) < 4.78 is 27.8. The van der Waals surface area contributed by atoms with Gasteiger partial charge >= 0.3 is 0 Å². The van der Waals surface area contributed by atoms with Crippen molar-refractivity contribution in [2.24, 2.45) is 13.0 Å². The first-order chi connectivity index (χ1) is 8.89. The first-order valence-electron chi connectivity index (χ1n) is 6.61. The second kappa shape index (κ2) is 5.60. The lowest BCUT2D eigenvalue weighted by Crippen LogP contribution is -2.49. The van der Waals surface area contributed by atoms with Gasteiger partial charge in [0.1, 0.15) is 4.90 Å². The predicted octanol–water partition coefficient (Wildman–Crippen LogP) is 0.382. The molecule has 0 saturated carbocycles. The molecule has 0 aliphatic carbocycles. The van der Waals surface area contributed by atoms with E-state index in [-0.39, 0.29) is 4.90 Å². The molecule has 1 aromatic rings. The molecule has 108 valence electrons. The van der Waals surface area contributed by atoms with Crippen LogP contribution in [-0.2, 0) is 17.1 Å². The molecule has 2 heterocycles. The van der Waals surface area contributed by atoms with Crippen molar-refractivity contribution in [1.29, 1.82) is 0 Å². The van der Waals surface area contributed by atoms with E-state index in [0.717, 1.165) is 19.6 Å². The van der Waals surface area contributed by atoms with E-state index in [9.17, 15) is 8.42 Å². The van der Waals surface area contributed by atoms with Crippen LogP contribution < -0.4 is 0 Å². The number of hydrogen-bond donors (Lipinski definition) is 0. The molecule has 1 aliphatic rings. The van der Waals surface area contributed by atoms with E-state index in [4.69, 9.17) is 0 Å². The Kier molecular flexibility index (Phi) is 4.27. The quantitative estimate of drug-likeness (QED) is 0.803. The fraction of sp³-hybridized carbons (Fsp3) is 0.750. The van der Waals surface area contributed by atoms with E-state index in [1.165, 1.54) is 10.9 Å². The Labute approximate surface area is 115 Å². The maximum Gasteiger partial charge on any atom is 0.246 e. The van der Waals surface area contributed by atoms with E-state index >= 15 is 0 Å². The van der Waals surface area contributed by atoms with Crippen LogP contribution in [0.1, 0.15) is 13.8 Å². The van der Waals surface area contributed by atoms with E-state index in [2.05, 4.69) is 23.8 Å². The van der Waals surface area contributed by atoms with Crippen LogP contribution in [0.2, 0.25) is 0 Å². The molecule has 7 heteroatoms. The van der Waals surface area contributed by atoms with Crippen LogP contribution in [0.25, 0.3) is 0 Å². The van der Waals surface area contributed by atoms with Gasteiger partial charge in [-0.2, -0.15) is 9.40 Å². The number of sulfonamides is 1. The molecule has 1 saturated heterocycles. The highest BCUT2D eigenvalue weighted by molar-refractivity contribution is 7.89. The number of nitrogens with zero attached hydrogens (tertiary/aromatic N) is 4. The zero-order chi connectivity index (χ0) is 14.0. The molecule has 1 aromatic heterocycles. The molecule has 0 radical (unpaired) electrons. The minimum atomic E-state index is -3.37. The summed E-state index contributed by atoms with van der Waals surface area (Å²) in [5, 5.41) is 3.93. The molecule has 0 unspecified atom stereocenters. The monoisotopic (exact) mass is 286 g/mol. The van der Waals surface area contributed by atoms with Crippen molar-refractivity contribution < 1.29 is 8.42 Å². The summed E-state index contributed by atoms with van der Waals surface area (Å²) >= 11 is 0. The number of hydrogen-bond acceptors (Lipinski definition) is 4. The van der Waals surface area contributed by atoms with Crippen molar-refractivity contribution in [1.82, 2.24) is 19.0 Å². The lowest BCUT2D eigenvalue weighted by atomic mass is 10.2. The Hall–Kier alpha value is -0.920. The average molecular weight is 286 g/mol. The summed E-state index contributed by atoms with van der Waals surface area (Å²) in [6, 6.07) is 0. The molecule has 0 bridgehead atoms. The van der Waals surface area contributed by atoms with Gasteiger partial charge < -0.3 is 4.90 Å². The van der Waals surface area contributed by atoms with Gasteiger partial charge in [-0.1, -0.05) is 13.8 Å². The molecule has 0 aromatic carbocycles. The molecule has 2 rings (SSSR count). The Bertz CT molecular complexity index is 516. The molecular formula is C12H22N4O2S. The Balaban J connectivity index is 2.01. The van der Waals surface area contributed by atoms with Crippen LogP contribution >= 0.6 is 0 Å². The normalized spacial score (nSPS) is 19.2. The molecule has 0 N–H and O–H groups in total. The van der Waals surface area contributed by atoms with Crippen molar-refractivity contribution in [2.45, 2.75) is 18.7 Å². The molecule has 0 spiro atoms. The second-order valence-electron chi connectivity index (χ2n) is 5.45. The van der Waals surface area contributed by atoms with Gasteiger partial charge in [-0.15, -0.1) is 0 Å². The smallest absolute Gasteiger partial charge is 0.246 e. The summed E-state index contributed by atoms with van der Waals surface area (Å²) in [5.41, 5.74) is 0. The maximum absolute atomic E-state index is 12.4. The summed E-state index contributed by atoms with van der Waals surface area (Å²) in [4.78, 5) is 2.60. The van der Waals surface area contributed by atoms with Crippen molar-refractivity contribution in [3.63, 3.8) is 0 Å². The van der Waals surface area contributed by atoms with Crippen molar-refractivity contribution >= 4 is 10.0 Å². The zero-order valence-electron chi connectivity index (χ0n) is 11.8. The molecule has 19 heavy (non-hydrogen) atoms. The third kappa shape index (κ3) is 3.34. The highest BCUT2D eigenvalue weighted by Crippen LogP contribution is 2.17. The van der Waals surface area contributed by atoms with Crippen LogP contribution in [0, 0.1) is 5.92 Å². The highest BCUT2D eigenvalue weighted by Gasteiger charge is 2.29. The first-order valence-corrected chi connectivity index (χ1v) is 8.05. The topological polar surface area (TPSA) is 58.4 Å². The van der Waals surface area contributed by atoms with Crippen LogP contribution in [0.15, 0.2) is 17.3 Å². The summed E-state index contributed by atoms with van der Waals surface area (Å²) in [5.74, 6) is 0.612.